The van der Waals surface area contributed by atoms with Gasteiger partial charge in [-0.3, -0.25) is 0 Å². The van der Waals surface area contributed by atoms with Gasteiger partial charge in [-0.25, -0.2) is 4.42 Å². The molecule has 3 rings (SSSR count). The highest BCUT2D eigenvalue weighted by Crippen LogP contribution is 2.42. The number of hydrogen-bond acceptors (Lipinski definition) is 4. The van der Waals surface area contributed by atoms with Crippen LogP contribution in [0.3, 0.4) is 0 Å². The van der Waals surface area contributed by atoms with E-state index in [4.69, 9.17) is 32.9 Å². The predicted octanol–water partition coefficient (Wildman–Crippen LogP) is 2.39. The summed E-state index contributed by atoms with van der Waals surface area (Å²) in [5.41, 5.74) is 1.00. The van der Waals surface area contributed by atoms with E-state index in [2.05, 4.69) is 4.90 Å². The predicted molar refractivity (Wildman–Crippen MR) is 72.1 cm³/mol. The molecule has 0 spiro atoms. The molecule has 0 amide bonds. The molecule has 98 valence electrons. The fraction of sp³-hybridized carbons (Fsp3) is 0.500. The SMILES string of the molecule is Clc1cc2c(c(N3CCN(Cl)CC3)c1)OCCO2. The zero-order valence-electron chi connectivity index (χ0n) is 9.86. The van der Waals surface area contributed by atoms with Crippen molar-refractivity contribution in [3.8, 4) is 11.5 Å². The van der Waals surface area contributed by atoms with Crippen LogP contribution in [0.2, 0.25) is 5.02 Å². The summed E-state index contributed by atoms with van der Waals surface area (Å²) >= 11 is 12.1. The minimum absolute atomic E-state index is 0.572. The lowest BCUT2D eigenvalue weighted by Crippen LogP contribution is -2.42. The second-order valence-corrected chi connectivity index (χ2v) is 5.26. The summed E-state index contributed by atoms with van der Waals surface area (Å²) < 4.78 is 13.1. The number of ether oxygens (including phenoxy) is 2. The summed E-state index contributed by atoms with van der Waals surface area (Å²) in [5.74, 6) is 1.53. The molecule has 6 heteroatoms. The lowest BCUT2D eigenvalue weighted by Gasteiger charge is -2.34. The molecule has 0 bridgehead atoms. The minimum atomic E-state index is 0.572. The lowest BCUT2D eigenvalue weighted by atomic mass is 10.2. The van der Waals surface area contributed by atoms with E-state index in [1.54, 1.807) is 10.5 Å². The summed E-state index contributed by atoms with van der Waals surface area (Å²) in [7, 11) is 0. The van der Waals surface area contributed by atoms with E-state index in [-0.39, 0.29) is 0 Å². The zero-order chi connectivity index (χ0) is 12.5. The first kappa shape index (κ1) is 12.2. The molecule has 1 aromatic rings. The van der Waals surface area contributed by atoms with Crippen LogP contribution in [-0.2, 0) is 0 Å². The van der Waals surface area contributed by atoms with Gasteiger partial charge in [0.2, 0.25) is 0 Å². The molecule has 0 aromatic heterocycles. The van der Waals surface area contributed by atoms with Gasteiger partial charge in [0, 0.05) is 37.3 Å². The summed E-state index contributed by atoms with van der Waals surface area (Å²) in [6.45, 7) is 4.52. The standard InChI is InChI=1S/C12H14Cl2N2O2/c13-9-7-10(15-1-3-16(14)4-2-15)12-11(8-9)17-5-6-18-12/h7-8H,1-6H2. The van der Waals surface area contributed by atoms with Crippen molar-refractivity contribution < 1.29 is 9.47 Å². The van der Waals surface area contributed by atoms with Crippen LogP contribution in [0.1, 0.15) is 0 Å². The van der Waals surface area contributed by atoms with Crippen molar-refractivity contribution in [1.82, 2.24) is 4.42 Å². The molecular weight excluding hydrogens is 275 g/mol. The van der Waals surface area contributed by atoms with Crippen molar-refractivity contribution in [2.45, 2.75) is 0 Å². The minimum Gasteiger partial charge on any atom is -0.486 e. The number of anilines is 1. The number of halogens is 2. The third-order valence-corrected chi connectivity index (χ3v) is 3.71. The van der Waals surface area contributed by atoms with Crippen LogP contribution < -0.4 is 14.4 Å². The molecule has 0 radical (unpaired) electrons. The van der Waals surface area contributed by atoms with E-state index < -0.39 is 0 Å². The highest BCUT2D eigenvalue weighted by atomic mass is 35.5. The number of hydrogen-bond donors (Lipinski definition) is 0. The molecule has 18 heavy (non-hydrogen) atoms. The Labute approximate surface area is 116 Å². The van der Waals surface area contributed by atoms with Crippen molar-refractivity contribution in [2.75, 3.05) is 44.3 Å². The van der Waals surface area contributed by atoms with Gasteiger partial charge in [0.25, 0.3) is 0 Å². The maximum atomic E-state index is 6.13. The number of rotatable bonds is 1. The average Bonchev–Trinajstić information content (AvgIpc) is 2.38. The number of benzene rings is 1. The van der Waals surface area contributed by atoms with Crippen LogP contribution in [-0.4, -0.2) is 43.8 Å². The second kappa shape index (κ2) is 5.03. The monoisotopic (exact) mass is 288 g/mol. The average molecular weight is 289 g/mol. The highest BCUT2D eigenvalue weighted by Gasteiger charge is 2.24. The molecule has 0 unspecified atom stereocenters. The molecule has 1 aromatic carbocycles. The molecule has 2 heterocycles. The quantitative estimate of drug-likeness (QED) is 0.741. The van der Waals surface area contributed by atoms with Gasteiger partial charge in [0.15, 0.2) is 11.5 Å². The van der Waals surface area contributed by atoms with E-state index in [0.717, 1.165) is 43.4 Å². The molecule has 1 saturated heterocycles. The maximum Gasteiger partial charge on any atom is 0.184 e. The molecule has 1 fully saturated rings. The maximum absolute atomic E-state index is 6.13. The lowest BCUT2D eigenvalue weighted by molar-refractivity contribution is 0.172. The first-order valence-electron chi connectivity index (χ1n) is 5.99. The molecule has 2 aliphatic heterocycles. The van der Waals surface area contributed by atoms with Gasteiger partial charge < -0.3 is 14.4 Å². The molecule has 0 aliphatic carbocycles. The van der Waals surface area contributed by atoms with E-state index in [1.165, 1.54) is 0 Å². The summed E-state index contributed by atoms with van der Waals surface area (Å²) in [4.78, 5) is 2.23. The van der Waals surface area contributed by atoms with Gasteiger partial charge in [-0.2, -0.15) is 0 Å². The fourth-order valence-corrected chi connectivity index (χ4v) is 2.61. The van der Waals surface area contributed by atoms with Crippen molar-refractivity contribution >= 4 is 29.1 Å². The third kappa shape index (κ3) is 2.32. The first-order chi connectivity index (χ1) is 8.74. The Balaban J connectivity index is 1.93. The van der Waals surface area contributed by atoms with Crippen LogP contribution in [0.15, 0.2) is 12.1 Å². The van der Waals surface area contributed by atoms with Crippen molar-refractivity contribution in [2.24, 2.45) is 0 Å². The Bertz CT molecular complexity index is 448. The Morgan fingerprint density at radius 1 is 1.00 bits per heavy atom. The van der Waals surface area contributed by atoms with Crippen LogP contribution in [0.4, 0.5) is 5.69 Å². The zero-order valence-corrected chi connectivity index (χ0v) is 11.4. The van der Waals surface area contributed by atoms with Crippen LogP contribution in [0, 0.1) is 0 Å². The first-order valence-corrected chi connectivity index (χ1v) is 6.70. The smallest absolute Gasteiger partial charge is 0.184 e. The number of nitrogens with zero attached hydrogens (tertiary/aromatic N) is 2. The van der Waals surface area contributed by atoms with Gasteiger partial charge >= 0.3 is 0 Å². The number of piperazine rings is 1. The van der Waals surface area contributed by atoms with Crippen LogP contribution in [0.25, 0.3) is 0 Å². The van der Waals surface area contributed by atoms with Crippen LogP contribution >= 0.6 is 23.4 Å². The Hall–Kier alpha value is -0.840. The molecule has 2 aliphatic rings. The Kier molecular flexibility index (Phi) is 3.41. The summed E-state index contributed by atoms with van der Waals surface area (Å²) in [6.07, 6.45) is 0. The van der Waals surface area contributed by atoms with E-state index >= 15 is 0 Å². The number of fused-ring (bicyclic) bond motifs is 1. The van der Waals surface area contributed by atoms with Gasteiger partial charge in [0.05, 0.1) is 5.69 Å². The fourth-order valence-electron chi connectivity index (χ4n) is 2.26. The van der Waals surface area contributed by atoms with Crippen molar-refractivity contribution in [3.63, 3.8) is 0 Å². The largest absolute Gasteiger partial charge is 0.486 e. The third-order valence-electron chi connectivity index (χ3n) is 3.15. The molecule has 0 saturated carbocycles. The highest BCUT2D eigenvalue weighted by molar-refractivity contribution is 6.31. The summed E-state index contributed by atoms with van der Waals surface area (Å²) in [6, 6.07) is 3.73. The molecule has 0 N–H and O–H groups in total. The topological polar surface area (TPSA) is 24.9 Å². The van der Waals surface area contributed by atoms with Gasteiger partial charge in [-0.15, -0.1) is 0 Å². The van der Waals surface area contributed by atoms with E-state index in [0.29, 0.717) is 18.2 Å². The van der Waals surface area contributed by atoms with Gasteiger partial charge in [-0.05, 0) is 17.8 Å². The van der Waals surface area contributed by atoms with Gasteiger partial charge in [-0.1, -0.05) is 11.6 Å². The Morgan fingerprint density at radius 2 is 1.72 bits per heavy atom. The van der Waals surface area contributed by atoms with Gasteiger partial charge in [0.1, 0.15) is 13.2 Å². The van der Waals surface area contributed by atoms with E-state index in [9.17, 15) is 0 Å². The molecule has 4 nitrogen and oxygen atoms in total. The summed E-state index contributed by atoms with van der Waals surface area (Å²) in [5, 5.41) is 0.669. The molecule has 0 atom stereocenters. The van der Waals surface area contributed by atoms with Crippen molar-refractivity contribution in [1.29, 1.82) is 0 Å². The van der Waals surface area contributed by atoms with Crippen molar-refractivity contribution in [3.05, 3.63) is 17.2 Å². The second-order valence-electron chi connectivity index (χ2n) is 4.35. The van der Waals surface area contributed by atoms with E-state index in [1.807, 2.05) is 6.07 Å². The van der Waals surface area contributed by atoms with Crippen LogP contribution in [0.5, 0.6) is 11.5 Å². The Morgan fingerprint density at radius 3 is 2.50 bits per heavy atom. The normalized spacial score (nSPS) is 20.0. The molecular formula is C12H14Cl2N2O2.